The summed E-state index contributed by atoms with van der Waals surface area (Å²) >= 11 is 0. The lowest BCUT2D eigenvalue weighted by atomic mass is 10.2. The molecule has 0 bridgehead atoms. The highest BCUT2D eigenvalue weighted by atomic mass is 16.7. The van der Waals surface area contributed by atoms with Gasteiger partial charge in [0.2, 0.25) is 12.6 Å². The third-order valence-corrected chi connectivity index (χ3v) is 3.19. The molecular formula is C17H14O6. The molecule has 0 amide bonds. The summed E-state index contributed by atoms with van der Waals surface area (Å²) in [5.74, 6) is 0.907. The van der Waals surface area contributed by atoms with Gasteiger partial charge in [0.15, 0.2) is 11.5 Å². The Morgan fingerprint density at radius 1 is 1.09 bits per heavy atom. The Hall–Kier alpha value is -3.15. The first-order chi connectivity index (χ1) is 11.2. The van der Waals surface area contributed by atoms with Crippen LogP contribution < -0.4 is 18.9 Å². The maximum absolute atomic E-state index is 11.4. The number of hydrogen-bond acceptors (Lipinski definition) is 5. The van der Waals surface area contributed by atoms with Gasteiger partial charge >= 0.3 is 5.97 Å². The predicted molar refractivity (Wildman–Crippen MR) is 81.8 cm³/mol. The molecule has 0 aliphatic carbocycles. The van der Waals surface area contributed by atoms with Crippen LogP contribution in [-0.4, -0.2) is 25.0 Å². The van der Waals surface area contributed by atoms with E-state index in [9.17, 15) is 9.90 Å². The van der Waals surface area contributed by atoms with Crippen molar-refractivity contribution < 1.29 is 28.8 Å². The number of methoxy groups -OCH3 is 1. The molecule has 0 unspecified atom stereocenters. The summed E-state index contributed by atoms with van der Waals surface area (Å²) in [7, 11) is 1.55. The van der Waals surface area contributed by atoms with Crippen molar-refractivity contribution in [1.82, 2.24) is 0 Å². The summed E-state index contributed by atoms with van der Waals surface area (Å²) in [4.78, 5) is 11.4. The maximum atomic E-state index is 11.4. The minimum atomic E-state index is -1.17. The monoisotopic (exact) mass is 314 g/mol. The topological polar surface area (TPSA) is 74.2 Å². The van der Waals surface area contributed by atoms with E-state index in [0.29, 0.717) is 28.6 Å². The lowest BCUT2D eigenvalue weighted by molar-refractivity contribution is -0.134. The van der Waals surface area contributed by atoms with E-state index in [-0.39, 0.29) is 12.6 Å². The fraction of sp³-hybridized carbons (Fsp3) is 0.118. The number of carboxylic acid groups (broad SMARTS) is 1. The highest BCUT2D eigenvalue weighted by Crippen LogP contribution is 2.33. The van der Waals surface area contributed by atoms with Crippen LogP contribution in [0.1, 0.15) is 5.56 Å². The van der Waals surface area contributed by atoms with Gasteiger partial charge in [0.25, 0.3) is 0 Å². The summed E-state index contributed by atoms with van der Waals surface area (Å²) in [6.07, 6.45) is 1.43. The lowest BCUT2D eigenvalue weighted by Crippen LogP contribution is -2.07. The molecule has 1 aliphatic heterocycles. The molecule has 23 heavy (non-hydrogen) atoms. The first-order valence-electron chi connectivity index (χ1n) is 6.82. The first kappa shape index (κ1) is 14.8. The van der Waals surface area contributed by atoms with Crippen LogP contribution in [0.15, 0.2) is 48.2 Å². The number of carbonyl (C=O) groups is 1. The lowest BCUT2D eigenvalue weighted by Gasteiger charge is -2.07. The number of ether oxygens (including phenoxy) is 4. The van der Waals surface area contributed by atoms with Gasteiger partial charge in [0, 0.05) is 0 Å². The van der Waals surface area contributed by atoms with Crippen LogP contribution in [-0.2, 0) is 4.79 Å². The van der Waals surface area contributed by atoms with Gasteiger partial charge in [-0.1, -0.05) is 6.07 Å². The van der Waals surface area contributed by atoms with Crippen molar-refractivity contribution in [2.75, 3.05) is 13.9 Å². The Kier molecular flexibility index (Phi) is 4.05. The van der Waals surface area contributed by atoms with Gasteiger partial charge in [-0.05, 0) is 48.0 Å². The summed E-state index contributed by atoms with van der Waals surface area (Å²) in [6.45, 7) is 0.163. The maximum Gasteiger partial charge on any atom is 0.371 e. The molecule has 0 atom stereocenters. The predicted octanol–water partition coefficient (Wildman–Crippen LogP) is 2.93. The minimum Gasteiger partial charge on any atom is -0.497 e. The number of benzene rings is 2. The Morgan fingerprint density at radius 2 is 1.78 bits per heavy atom. The molecule has 1 aliphatic rings. The number of fused-ring (bicyclic) bond motifs is 1. The van der Waals surface area contributed by atoms with Gasteiger partial charge in [-0.25, -0.2) is 4.79 Å². The van der Waals surface area contributed by atoms with Crippen molar-refractivity contribution in [3.8, 4) is 23.0 Å². The number of carboxylic acids is 1. The molecule has 0 fully saturated rings. The summed E-state index contributed by atoms with van der Waals surface area (Å²) in [5.41, 5.74) is 0.639. The zero-order chi connectivity index (χ0) is 16.2. The smallest absolute Gasteiger partial charge is 0.371 e. The normalized spacial score (nSPS) is 12.8. The number of rotatable bonds is 5. The third kappa shape index (κ3) is 3.37. The van der Waals surface area contributed by atoms with E-state index in [0.717, 1.165) is 0 Å². The molecule has 6 nitrogen and oxygen atoms in total. The average Bonchev–Trinajstić information content (AvgIpc) is 3.02. The van der Waals surface area contributed by atoms with E-state index >= 15 is 0 Å². The molecule has 2 aromatic carbocycles. The SMILES string of the molecule is COc1ccc(OC(=Cc2ccc3c(c2)OCO3)C(=O)O)cc1. The molecule has 1 heterocycles. The van der Waals surface area contributed by atoms with Crippen molar-refractivity contribution in [2.24, 2.45) is 0 Å². The highest BCUT2D eigenvalue weighted by molar-refractivity contribution is 5.90. The van der Waals surface area contributed by atoms with Crippen LogP contribution in [0, 0.1) is 0 Å². The molecule has 2 aromatic rings. The van der Waals surface area contributed by atoms with E-state index < -0.39 is 5.97 Å². The first-order valence-corrected chi connectivity index (χ1v) is 6.82. The van der Waals surface area contributed by atoms with E-state index in [1.54, 1.807) is 49.6 Å². The second-order valence-electron chi connectivity index (χ2n) is 4.70. The minimum absolute atomic E-state index is 0.163. The molecule has 0 saturated heterocycles. The van der Waals surface area contributed by atoms with Gasteiger partial charge in [0.05, 0.1) is 7.11 Å². The quantitative estimate of drug-likeness (QED) is 0.675. The average molecular weight is 314 g/mol. The standard InChI is InChI=1S/C17H14O6/c1-20-12-3-5-13(6-4-12)23-16(17(18)19)9-11-2-7-14-15(8-11)22-10-21-14/h2-9H,10H2,1H3,(H,18,19). The Morgan fingerprint density at radius 3 is 2.48 bits per heavy atom. The fourth-order valence-electron chi connectivity index (χ4n) is 2.06. The van der Waals surface area contributed by atoms with Crippen molar-refractivity contribution >= 4 is 12.0 Å². The summed E-state index contributed by atoms with van der Waals surface area (Å²) < 4.78 is 21.0. The molecule has 3 rings (SSSR count). The van der Waals surface area contributed by atoms with Crippen LogP contribution in [0.4, 0.5) is 0 Å². The zero-order valence-corrected chi connectivity index (χ0v) is 12.3. The third-order valence-electron chi connectivity index (χ3n) is 3.19. The fourth-order valence-corrected chi connectivity index (χ4v) is 2.06. The molecule has 0 saturated carbocycles. The molecule has 118 valence electrons. The largest absolute Gasteiger partial charge is 0.497 e. The van der Waals surface area contributed by atoms with Crippen LogP contribution in [0.2, 0.25) is 0 Å². The molecule has 0 radical (unpaired) electrons. The van der Waals surface area contributed by atoms with Gasteiger partial charge in [0.1, 0.15) is 11.5 Å². The van der Waals surface area contributed by atoms with Crippen molar-refractivity contribution in [3.63, 3.8) is 0 Å². The summed E-state index contributed by atoms with van der Waals surface area (Å²) in [5, 5.41) is 9.32. The van der Waals surface area contributed by atoms with Crippen molar-refractivity contribution in [2.45, 2.75) is 0 Å². The molecule has 1 N–H and O–H groups in total. The van der Waals surface area contributed by atoms with Gasteiger partial charge < -0.3 is 24.1 Å². The number of hydrogen-bond donors (Lipinski definition) is 1. The molecule has 6 heteroatoms. The van der Waals surface area contributed by atoms with Crippen LogP contribution in [0.3, 0.4) is 0 Å². The molecule has 0 spiro atoms. The Bertz CT molecular complexity index is 748. The second kappa shape index (κ2) is 6.31. The van der Waals surface area contributed by atoms with Crippen LogP contribution in [0.25, 0.3) is 6.08 Å². The van der Waals surface area contributed by atoms with E-state index in [1.807, 2.05) is 0 Å². The van der Waals surface area contributed by atoms with Gasteiger partial charge in [-0.15, -0.1) is 0 Å². The van der Waals surface area contributed by atoms with Crippen molar-refractivity contribution in [3.05, 3.63) is 53.8 Å². The highest BCUT2D eigenvalue weighted by Gasteiger charge is 2.15. The molecule has 0 aromatic heterocycles. The second-order valence-corrected chi connectivity index (χ2v) is 4.70. The van der Waals surface area contributed by atoms with E-state index in [1.165, 1.54) is 6.08 Å². The van der Waals surface area contributed by atoms with E-state index in [4.69, 9.17) is 18.9 Å². The van der Waals surface area contributed by atoms with Crippen molar-refractivity contribution in [1.29, 1.82) is 0 Å². The van der Waals surface area contributed by atoms with Crippen LogP contribution >= 0.6 is 0 Å². The van der Waals surface area contributed by atoms with Gasteiger partial charge in [-0.2, -0.15) is 0 Å². The Labute approximate surface area is 132 Å². The zero-order valence-electron chi connectivity index (χ0n) is 12.3. The molecular weight excluding hydrogens is 300 g/mol. The number of aliphatic carboxylic acids is 1. The van der Waals surface area contributed by atoms with Gasteiger partial charge in [-0.3, -0.25) is 0 Å². The Balaban J connectivity index is 1.84. The summed E-state index contributed by atoms with van der Waals surface area (Å²) in [6, 6.07) is 11.8. The van der Waals surface area contributed by atoms with Crippen LogP contribution in [0.5, 0.6) is 23.0 Å². The van der Waals surface area contributed by atoms with E-state index in [2.05, 4.69) is 0 Å².